The lowest BCUT2D eigenvalue weighted by atomic mass is 10.0. The molecule has 0 heterocycles. The molecule has 1 amide bonds. The summed E-state index contributed by atoms with van der Waals surface area (Å²) in [5.74, 6) is -1.28. The van der Waals surface area contributed by atoms with Gasteiger partial charge in [-0.05, 0) is 77.0 Å². The van der Waals surface area contributed by atoms with E-state index in [0.717, 1.165) is 83.5 Å². The zero-order valence-electron chi connectivity index (χ0n) is 30.4. The second-order valence-electron chi connectivity index (χ2n) is 12.8. The monoisotopic (exact) mass is 658 g/mol. The van der Waals surface area contributed by atoms with Gasteiger partial charge in [0.1, 0.15) is 12.6 Å². The fourth-order valence-corrected chi connectivity index (χ4v) is 5.45. The van der Waals surface area contributed by atoms with E-state index in [1.807, 2.05) is 0 Å². The summed E-state index contributed by atoms with van der Waals surface area (Å²) in [4.78, 5) is 34.8. The molecule has 6 nitrogen and oxygen atoms in total. The zero-order valence-corrected chi connectivity index (χ0v) is 30.4. The molecular weight excluding hydrogens is 586 g/mol. The fourth-order valence-electron chi connectivity index (χ4n) is 5.45. The van der Waals surface area contributed by atoms with Crippen LogP contribution >= 0.6 is 0 Å². The maximum absolute atomic E-state index is 12.6. The van der Waals surface area contributed by atoms with E-state index in [1.54, 1.807) is 0 Å². The van der Waals surface area contributed by atoms with Crippen molar-refractivity contribution in [2.45, 2.75) is 187 Å². The Balaban J connectivity index is 3.90. The summed E-state index contributed by atoms with van der Waals surface area (Å²) in [6.45, 7) is 4.06. The molecule has 0 rings (SSSR count). The van der Waals surface area contributed by atoms with Crippen LogP contribution in [0.15, 0.2) is 48.6 Å². The van der Waals surface area contributed by atoms with Crippen LogP contribution in [0, 0.1) is 0 Å². The predicted molar refractivity (Wildman–Crippen MR) is 198 cm³/mol. The van der Waals surface area contributed by atoms with Gasteiger partial charge in [0.2, 0.25) is 5.91 Å². The molecule has 0 aromatic rings. The second kappa shape index (κ2) is 36.2. The number of carbonyl (C=O) groups excluding carboxylic acids is 2. The van der Waals surface area contributed by atoms with Gasteiger partial charge in [-0.25, -0.2) is 0 Å². The number of hydrogen-bond acceptors (Lipinski definition) is 4. The molecule has 0 saturated carbocycles. The molecule has 6 heteroatoms. The third-order valence-corrected chi connectivity index (χ3v) is 8.27. The number of esters is 1. The first-order valence-corrected chi connectivity index (χ1v) is 19.3. The number of nitrogens with one attached hydrogen (secondary N) is 1. The second-order valence-corrected chi connectivity index (χ2v) is 12.8. The Kier molecular flexibility index (Phi) is 34.2. The van der Waals surface area contributed by atoms with E-state index < -0.39 is 5.97 Å². The zero-order chi connectivity index (χ0) is 34.5. The van der Waals surface area contributed by atoms with Crippen molar-refractivity contribution in [3.05, 3.63) is 48.6 Å². The van der Waals surface area contributed by atoms with E-state index in [-0.39, 0.29) is 24.5 Å². The van der Waals surface area contributed by atoms with Crippen molar-refractivity contribution in [3.8, 4) is 0 Å². The summed E-state index contributed by atoms with van der Waals surface area (Å²) in [6, 6.07) is 0. The van der Waals surface area contributed by atoms with Crippen LogP contribution in [0.4, 0.5) is 0 Å². The molecule has 0 spiro atoms. The molecular formula is C41H71NO5. The summed E-state index contributed by atoms with van der Waals surface area (Å²) < 4.78 is 5.93. The summed E-state index contributed by atoms with van der Waals surface area (Å²) >= 11 is 0. The van der Waals surface area contributed by atoms with Crippen molar-refractivity contribution >= 4 is 17.8 Å². The summed E-state index contributed by atoms with van der Waals surface area (Å²) in [5.41, 5.74) is 0. The van der Waals surface area contributed by atoms with Crippen molar-refractivity contribution in [1.29, 1.82) is 0 Å². The Hall–Kier alpha value is -2.63. The minimum Gasteiger partial charge on any atom is -0.480 e. The summed E-state index contributed by atoms with van der Waals surface area (Å²) in [6.07, 6.45) is 45.3. The molecule has 270 valence electrons. The van der Waals surface area contributed by atoms with Gasteiger partial charge in [-0.3, -0.25) is 14.4 Å². The number of allylic oxidation sites excluding steroid dienone is 8. The highest BCUT2D eigenvalue weighted by atomic mass is 16.5. The minimum absolute atomic E-state index is 0.000302. The number of hydrogen-bond donors (Lipinski definition) is 2. The van der Waals surface area contributed by atoms with Gasteiger partial charge < -0.3 is 15.2 Å². The molecule has 0 saturated heterocycles. The van der Waals surface area contributed by atoms with Crippen LogP contribution in [0.3, 0.4) is 0 Å². The first-order valence-electron chi connectivity index (χ1n) is 19.3. The van der Waals surface area contributed by atoms with Crippen molar-refractivity contribution in [2.75, 3.05) is 6.54 Å². The van der Waals surface area contributed by atoms with Crippen molar-refractivity contribution in [1.82, 2.24) is 5.32 Å². The molecule has 0 aliphatic carbocycles. The van der Waals surface area contributed by atoms with E-state index in [1.165, 1.54) is 70.6 Å². The van der Waals surface area contributed by atoms with Crippen LogP contribution in [-0.2, 0) is 19.1 Å². The van der Waals surface area contributed by atoms with Gasteiger partial charge in [-0.1, -0.05) is 140 Å². The smallest absolute Gasteiger partial charge is 0.322 e. The molecule has 0 aromatic heterocycles. The quantitative estimate of drug-likeness (QED) is 0.0408. The number of unbranched alkanes of at least 4 members (excludes halogenated alkanes) is 15. The van der Waals surface area contributed by atoms with Gasteiger partial charge in [0, 0.05) is 12.8 Å². The van der Waals surface area contributed by atoms with Gasteiger partial charge in [0.15, 0.2) is 0 Å². The average Bonchev–Trinajstić information content (AvgIpc) is 3.05. The standard InChI is InChI=1S/C41H71NO5/c1-3-5-7-9-10-11-12-13-14-15-16-17-18-19-20-21-22-23-24-26-32-36-41(46)47-38(33-29-25-8-6-4-2)34-30-27-28-31-35-39(43)42-37-40(44)45/h5,7,10-11,13-14,16-17,38H,3-4,6,8-9,12,15,18-37H2,1-2H3,(H,42,43)(H,44,45)/b7-5-,11-10-,14-13-,17-16-. The molecule has 2 N–H and O–H groups in total. The molecule has 0 radical (unpaired) electrons. The maximum Gasteiger partial charge on any atom is 0.322 e. The molecule has 1 unspecified atom stereocenters. The summed E-state index contributed by atoms with van der Waals surface area (Å²) in [7, 11) is 0. The molecule has 1 atom stereocenters. The topological polar surface area (TPSA) is 92.7 Å². The highest BCUT2D eigenvalue weighted by Crippen LogP contribution is 2.18. The number of carboxylic acids is 1. The minimum atomic E-state index is -1.02. The molecule has 0 aliphatic heterocycles. The third kappa shape index (κ3) is 36.1. The van der Waals surface area contributed by atoms with E-state index in [4.69, 9.17) is 9.84 Å². The van der Waals surface area contributed by atoms with Crippen LogP contribution in [0.1, 0.15) is 181 Å². The number of amides is 1. The first-order chi connectivity index (χ1) is 23.0. The third-order valence-electron chi connectivity index (χ3n) is 8.27. The number of ether oxygens (including phenoxy) is 1. The van der Waals surface area contributed by atoms with Gasteiger partial charge in [0.25, 0.3) is 0 Å². The SMILES string of the molecule is CC/C=C\C/C=C\C/C=C\C/C=C\CCCCCCCCCCC(=O)OC(CCCCCCC)CCCCCCC(=O)NCC(=O)O. The van der Waals surface area contributed by atoms with E-state index in [9.17, 15) is 14.4 Å². The Labute approximate surface area is 289 Å². The summed E-state index contributed by atoms with van der Waals surface area (Å²) in [5, 5.41) is 11.0. The van der Waals surface area contributed by atoms with Gasteiger partial charge in [-0.15, -0.1) is 0 Å². The Morgan fingerprint density at radius 3 is 1.60 bits per heavy atom. The molecule has 0 aliphatic rings. The molecule has 47 heavy (non-hydrogen) atoms. The molecule has 0 fully saturated rings. The van der Waals surface area contributed by atoms with Crippen molar-refractivity contribution in [3.63, 3.8) is 0 Å². The van der Waals surface area contributed by atoms with Crippen molar-refractivity contribution in [2.24, 2.45) is 0 Å². The van der Waals surface area contributed by atoms with Gasteiger partial charge in [-0.2, -0.15) is 0 Å². The predicted octanol–water partition coefficient (Wildman–Crippen LogP) is 11.5. The van der Waals surface area contributed by atoms with Gasteiger partial charge >= 0.3 is 11.9 Å². The Bertz CT molecular complexity index is 860. The lowest BCUT2D eigenvalue weighted by Crippen LogP contribution is -2.28. The lowest BCUT2D eigenvalue weighted by molar-refractivity contribution is -0.150. The van der Waals surface area contributed by atoms with Crippen LogP contribution in [0.5, 0.6) is 0 Å². The Morgan fingerprint density at radius 2 is 1.04 bits per heavy atom. The first kappa shape index (κ1) is 44.4. The fraction of sp³-hybridized carbons (Fsp3) is 0.732. The number of rotatable bonds is 34. The lowest BCUT2D eigenvalue weighted by Gasteiger charge is -2.18. The highest BCUT2D eigenvalue weighted by molar-refractivity contribution is 5.80. The van der Waals surface area contributed by atoms with Crippen LogP contribution in [-0.4, -0.2) is 35.6 Å². The largest absolute Gasteiger partial charge is 0.480 e. The molecule has 0 bridgehead atoms. The van der Waals surface area contributed by atoms with E-state index >= 15 is 0 Å². The number of carboxylic acid groups (broad SMARTS) is 1. The van der Waals surface area contributed by atoms with Crippen molar-refractivity contribution < 1.29 is 24.2 Å². The highest BCUT2D eigenvalue weighted by Gasteiger charge is 2.14. The average molecular weight is 658 g/mol. The van der Waals surface area contributed by atoms with Crippen LogP contribution in [0.25, 0.3) is 0 Å². The molecule has 0 aromatic carbocycles. The van der Waals surface area contributed by atoms with E-state index in [2.05, 4.69) is 67.8 Å². The van der Waals surface area contributed by atoms with E-state index in [0.29, 0.717) is 12.8 Å². The van der Waals surface area contributed by atoms with Gasteiger partial charge in [0.05, 0.1) is 0 Å². The Morgan fingerprint density at radius 1 is 0.574 bits per heavy atom. The number of carbonyl (C=O) groups is 3. The van der Waals surface area contributed by atoms with Crippen LogP contribution < -0.4 is 5.32 Å². The number of aliphatic carboxylic acids is 1. The maximum atomic E-state index is 12.6. The van der Waals surface area contributed by atoms with Crippen LogP contribution in [0.2, 0.25) is 0 Å². The normalized spacial score (nSPS) is 12.6.